The average molecular weight is 349 g/mol. The Kier molecular flexibility index (Phi) is 7.42. The molecule has 0 aliphatic carbocycles. The molecule has 1 heterocycles. The van der Waals surface area contributed by atoms with E-state index in [1.807, 2.05) is 24.8 Å². The molecular weight excluding hydrogens is 324 g/mol. The van der Waals surface area contributed by atoms with Gasteiger partial charge in [-0.15, -0.1) is 23.1 Å². The van der Waals surface area contributed by atoms with Gasteiger partial charge < -0.3 is 10.2 Å². The van der Waals surface area contributed by atoms with Gasteiger partial charge in [0.1, 0.15) is 0 Å². The molecule has 0 atom stereocenters. The Morgan fingerprint density at radius 3 is 2.78 bits per heavy atom. The molecule has 0 spiro atoms. The van der Waals surface area contributed by atoms with E-state index in [1.165, 1.54) is 4.90 Å². The number of hydrogen-bond donors (Lipinski definition) is 1. The van der Waals surface area contributed by atoms with Gasteiger partial charge in [0.05, 0.1) is 23.8 Å². The summed E-state index contributed by atoms with van der Waals surface area (Å²) in [5, 5.41) is 6.57. The van der Waals surface area contributed by atoms with E-state index < -0.39 is 0 Å². The summed E-state index contributed by atoms with van der Waals surface area (Å²) in [6, 6.07) is 10.5. The van der Waals surface area contributed by atoms with Crippen LogP contribution in [0.15, 0.2) is 45.6 Å². The smallest absolute Gasteiger partial charge is 0.194 e. The van der Waals surface area contributed by atoms with Crippen LogP contribution in [0.5, 0.6) is 0 Å². The van der Waals surface area contributed by atoms with Gasteiger partial charge in [0.15, 0.2) is 5.96 Å². The van der Waals surface area contributed by atoms with Crippen molar-refractivity contribution in [3.63, 3.8) is 0 Å². The lowest BCUT2D eigenvalue weighted by Crippen LogP contribution is -2.38. The fraction of sp³-hybridized carbons (Fsp3) is 0.412. The van der Waals surface area contributed by atoms with E-state index in [0.717, 1.165) is 42.0 Å². The number of benzene rings is 1. The molecule has 0 saturated heterocycles. The van der Waals surface area contributed by atoms with E-state index in [1.54, 1.807) is 11.3 Å². The molecule has 0 aliphatic heterocycles. The lowest BCUT2D eigenvalue weighted by atomic mass is 10.4. The first-order chi connectivity index (χ1) is 11.2. The zero-order valence-corrected chi connectivity index (χ0v) is 15.6. The predicted octanol–water partition coefficient (Wildman–Crippen LogP) is 3.64. The maximum absolute atomic E-state index is 4.72. The fourth-order valence-electron chi connectivity index (χ4n) is 2.10. The summed E-state index contributed by atoms with van der Waals surface area (Å²) in [7, 11) is 2.06. The average Bonchev–Trinajstić information content (AvgIpc) is 2.96. The van der Waals surface area contributed by atoms with Crippen molar-refractivity contribution in [3.05, 3.63) is 46.4 Å². The van der Waals surface area contributed by atoms with Crippen molar-refractivity contribution in [2.24, 2.45) is 4.99 Å². The van der Waals surface area contributed by atoms with Crippen molar-refractivity contribution in [2.45, 2.75) is 25.3 Å². The van der Waals surface area contributed by atoms with Gasteiger partial charge >= 0.3 is 0 Å². The van der Waals surface area contributed by atoms with Crippen molar-refractivity contribution in [1.82, 2.24) is 15.2 Å². The summed E-state index contributed by atoms with van der Waals surface area (Å²) in [6.45, 7) is 6.57. The van der Waals surface area contributed by atoms with Gasteiger partial charge in [-0.3, -0.25) is 4.99 Å². The number of aliphatic imine (C=N–C) groups is 1. The van der Waals surface area contributed by atoms with E-state index in [9.17, 15) is 0 Å². The van der Waals surface area contributed by atoms with Crippen LogP contribution in [0, 0.1) is 6.92 Å². The number of thioether (sulfide) groups is 1. The topological polar surface area (TPSA) is 40.5 Å². The SMILES string of the molecule is CCNC(=NCCSc1ccccc1)N(C)Cc1csc(C)n1. The molecule has 6 heteroatoms. The molecule has 0 bridgehead atoms. The normalized spacial score (nSPS) is 11.5. The number of nitrogens with zero attached hydrogens (tertiary/aromatic N) is 3. The summed E-state index contributed by atoms with van der Waals surface area (Å²) in [5.74, 6) is 1.91. The Balaban J connectivity index is 1.85. The second kappa shape index (κ2) is 9.57. The Morgan fingerprint density at radius 2 is 2.13 bits per heavy atom. The molecular formula is C17H24N4S2. The Bertz CT molecular complexity index is 610. The minimum atomic E-state index is 0.780. The summed E-state index contributed by atoms with van der Waals surface area (Å²) in [5.41, 5.74) is 1.10. The van der Waals surface area contributed by atoms with E-state index in [2.05, 4.69) is 58.8 Å². The minimum absolute atomic E-state index is 0.780. The van der Waals surface area contributed by atoms with Crippen LogP contribution in [-0.2, 0) is 6.54 Å². The summed E-state index contributed by atoms with van der Waals surface area (Å²) in [4.78, 5) is 12.7. The maximum atomic E-state index is 4.72. The molecule has 0 aliphatic rings. The molecule has 1 aromatic heterocycles. The Hall–Kier alpha value is -1.53. The Morgan fingerprint density at radius 1 is 1.35 bits per heavy atom. The molecule has 2 rings (SSSR count). The summed E-state index contributed by atoms with van der Waals surface area (Å²) < 4.78 is 0. The molecule has 0 unspecified atom stereocenters. The van der Waals surface area contributed by atoms with Crippen LogP contribution in [-0.4, -0.2) is 41.7 Å². The first kappa shape index (κ1) is 17.8. The third-order valence-electron chi connectivity index (χ3n) is 3.13. The van der Waals surface area contributed by atoms with Crippen molar-refractivity contribution >= 4 is 29.1 Å². The molecule has 2 aromatic rings. The minimum Gasteiger partial charge on any atom is -0.357 e. The van der Waals surface area contributed by atoms with E-state index >= 15 is 0 Å². The van der Waals surface area contributed by atoms with Crippen molar-refractivity contribution in [3.8, 4) is 0 Å². The van der Waals surface area contributed by atoms with Gasteiger partial charge in [0, 0.05) is 29.6 Å². The van der Waals surface area contributed by atoms with E-state index in [0.29, 0.717) is 0 Å². The van der Waals surface area contributed by atoms with E-state index in [-0.39, 0.29) is 0 Å². The summed E-state index contributed by atoms with van der Waals surface area (Å²) >= 11 is 3.52. The first-order valence-corrected chi connectivity index (χ1v) is 9.64. The lowest BCUT2D eigenvalue weighted by Gasteiger charge is -2.21. The predicted molar refractivity (Wildman–Crippen MR) is 101 cm³/mol. The van der Waals surface area contributed by atoms with Crippen LogP contribution in [0.3, 0.4) is 0 Å². The molecule has 4 nitrogen and oxygen atoms in total. The second-order valence-corrected chi connectivity index (χ2v) is 7.34. The van der Waals surface area contributed by atoms with Gasteiger partial charge in [0.25, 0.3) is 0 Å². The number of thiazole rings is 1. The highest BCUT2D eigenvalue weighted by Gasteiger charge is 2.08. The van der Waals surface area contributed by atoms with Crippen LogP contribution in [0.2, 0.25) is 0 Å². The Labute approximate surface area is 147 Å². The maximum Gasteiger partial charge on any atom is 0.194 e. The summed E-state index contributed by atoms with van der Waals surface area (Å²) in [6.07, 6.45) is 0. The zero-order chi connectivity index (χ0) is 16.5. The highest BCUT2D eigenvalue weighted by molar-refractivity contribution is 7.99. The van der Waals surface area contributed by atoms with Crippen molar-refractivity contribution in [2.75, 3.05) is 25.9 Å². The monoisotopic (exact) mass is 348 g/mol. The standard InChI is InChI=1S/C17H24N4S2/c1-4-18-17(21(3)12-15-13-23-14(2)20-15)19-10-11-22-16-8-6-5-7-9-16/h5-9,13H,4,10-12H2,1-3H3,(H,18,19). The molecule has 1 aromatic carbocycles. The number of aryl methyl sites for hydroxylation is 1. The third-order valence-corrected chi connectivity index (χ3v) is 4.94. The number of rotatable bonds is 7. The molecule has 23 heavy (non-hydrogen) atoms. The van der Waals surface area contributed by atoms with Crippen LogP contribution in [0.1, 0.15) is 17.6 Å². The quantitative estimate of drug-likeness (QED) is 0.359. The number of nitrogens with one attached hydrogen (secondary N) is 1. The van der Waals surface area contributed by atoms with Gasteiger partial charge in [-0.2, -0.15) is 0 Å². The molecule has 124 valence electrons. The number of guanidine groups is 1. The largest absolute Gasteiger partial charge is 0.357 e. The highest BCUT2D eigenvalue weighted by atomic mass is 32.2. The highest BCUT2D eigenvalue weighted by Crippen LogP contribution is 2.16. The van der Waals surface area contributed by atoms with Gasteiger partial charge in [-0.05, 0) is 26.0 Å². The number of aromatic nitrogens is 1. The fourth-order valence-corrected chi connectivity index (χ4v) is 3.47. The van der Waals surface area contributed by atoms with Crippen LogP contribution < -0.4 is 5.32 Å². The van der Waals surface area contributed by atoms with Crippen LogP contribution in [0.4, 0.5) is 0 Å². The third kappa shape index (κ3) is 6.23. The van der Waals surface area contributed by atoms with E-state index in [4.69, 9.17) is 4.99 Å². The van der Waals surface area contributed by atoms with Gasteiger partial charge in [-0.1, -0.05) is 18.2 Å². The number of hydrogen-bond acceptors (Lipinski definition) is 4. The molecule has 0 fully saturated rings. The van der Waals surface area contributed by atoms with Gasteiger partial charge in [0.2, 0.25) is 0 Å². The van der Waals surface area contributed by atoms with Crippen LogP contribution in [0.25, 0.3) is 0 Å². The van der Waals surface area contributed by atoms with Crippen molar-refractivity contribution in [1.29, 1.82) is 0 Å². The molecule has 1 N–H and O–H groups in total. The second-order valence-electron chi connectivity index (χ2n) is 5.11. The zero-order valence-electron chi connectivity index (χ0n) is 14.0. The van der Waals surface area contributed by atoms with Gasteiger partial charge in [-0.25, -0.2) is 4.98 Å². The van der Waals surface area contributed by atoms with Crippen molar-refractivity contribution < 1.29 is 0 Å². The molecule has 0 radical (unpaired) electrons. The molecule has 0 amide bonds. The first-order valence-electron chi connectivity index (χ1n) is 7.77. The van der Waals surface area contributed by atoms with Crippen LogP contribution >= 0.6 is 23.1 Å². The molecule has 0 saturated carbocycles. The lowest BCUT2D eigenvalue weighted by molar-refractivity contribution is 0.471.